The van der Waals surface area contributed by atoms with Crippen LogP contribution >= 0.6 is 0 Å². The Morgan fingerprint density at radius 1 is 1.00 bits per heavy atom. The van der Waals surface area contributed by atoms with Crippen molar-refractivity contribution in [2.45, 2.75) is 13.1 Å². The Morgan fingerprint density at radius 3 is 2.22 bits per heavy atom. The Morgan fingerprint density at radius 2 is 1.59 bits per heavy atom. The van der Waals surface area contributed by atoms with Gasteiger partial charge in [-0.15, -0.1) is 0 Å². The van der Waals surface area contributed by atoms with Crippen LogP contribution in [0.15, 0.2) is 59.4 Å². The summed E-state index contributed by atoms with van der Waals surface area (Å²) in [5.74, 6) is -0.992. The minimum atomic E-state index is -4.68. The third-order valence-corrected chi connectivity index (χ3v) is 4.27. The molecule has 0 unspecified atom stereocenters. The van der Waals surface area contributed by atoms with Crippen LogP contribution in [0.25, 0.3) is 5.69 Å². The molecule has 5 nitrogen and oxygen atoms in total. The summed E-state index contributed by atoms with van der Waals surface area (Å²) in [6.45, 7) is 1.60. The van der Waals surface area contributed by atoms with Crippen molar-refractivity contribution in [3.63, 3.8) is 0 Å². The summed E-state index contributed by atoms with van der Waals surface area (Å²) in [6, 6.07) is 13.2. The van der Waals surface area contributed by atoms with Crippen molar-refractivity contribution in [1.29, 1.82) is 0 Å². The first kappa shape index (κ1) is 18.5. The topological polar surface area (TPSA) is 56.0 Å². The van der Waals surface area contributed by atoms with Gasteiger partial charge in [0.15, 0.2) is 0 Å². The Hall–Kier alpha value is -3.29. The molecule has 140 valence electrons. The van der Waals surface area contributed by atoms with Gasteiger partial charge in [0.1, 0.15) is 5.69 Å². The zero-order valence-corrected chi connectivity index (χ0v) is 14.5. The summed E-state index contributed by atoms with van der Waals surface area (Å²) in [5, 5.41) is 2.35. The van der Waals surface area contributed by atoms with Crippen molar-refractivity contribution in [2.24, 2.45) is 7.05 Å². The van der Waals surface area contributed by atoms with Crippen LogP contribution in [0, 0.1) is 6.92 Å². The van der Waals surface area contributed by atoms with Gasteiger partial charge in [0.25, 0.3) is 11.5 Å². The first-order valence-corrected chi connectivity index (χ1v) is 8.03. The highest BCUT2D eigenvalue weighted by molar-refractivity contribution is 6.05. The molecule has 0 saturated carbocycles. The first-order chi connectivity index (χ1) is 12.7. The molecule has 0 aliphatic rings. The fourth-order valence-electron chi connectivity index (χ4n) is 2.82. The van der Waals surface area contributed by atoms with E-state index in [2.05, 4.69) is 5.32 Å². The quantitative estimate of drug-likeness (QED) is 0.758. The van der Waals surface area contributed by atoms with Crippen LogP contribution in [-0.4, -0.2) is 15.3 Å². The van der Waals surface area contributed by atoms with Crippen molar-refractivity contribution in [3.05, 3.63) is 81.8 Å². The fourth-order valence-corrected chi connectivity index (χ4v) is 2.82. The van der Waals surface area contributed by atoms with E-state index in [9.17, 15) is 22.8 Å². The van der Waals surface area contributed by atoms with Crippen LogP contribution in [0.3, 0.4) is 0 Å². The lowest BCUT2D eigenvalue weighted by Crippen LogP contribution is -2.24. The second kappa shape index (κ2) is 6.79. The van der Waals surface area contributed by atoms with Crippen molar-refractivity contribution in [1.82, 2.24) is 9.36 Å². The van der Waals surface area contributed by atoms with E-state index < -0.39 is 28.8 Å². The highest BCUT2D eigenvalue weighted by Gasteiger charge is 2.35. The number of nitrogens with zero attached hydrogens (tertiary/aromatic N) is 2. The third-order valence-electron chi connectivity index (χ3n) is 4.27. The molecule has 0 radical (unpaired) electrons. The van der Waals surface area contributed by atoms with E-state index in [1.807, 2.05) is 0 Å². The second-order valence-electron chi connectivity index (χ2n) is 5.93. The van der Waals surface area contributed by atoms with Gasteiger partial charge in [-0.05, 0) is 31.2 Å². The normalized spacial score (nSPS) is 11.4. The Bertz CT molecular complexity index is 1050. The molecule has 0 bridgehead atoms. The Kier molecular flexibility index (Phi) is 4.65. The number of hydrogen-bond donors (Lipinski definition) is 1. The number of aromatic nitrogens is 2. The zero-order valence-electron chi connectivity index (χ0n) is 14.5. The average molecular weight is 375 g/mol. The van der Waals surface area contributed by atoms with Crippen LogP contribution in [0.5, 0.6) is 0 Å². The molecule has 2 aromatic carbocycles. The van der Waals surface area contributed by atoms with E-state index >= 15 is 0 Å². The van der Waals surface area contributed by atoms with Gasteiger partial charge in [0, 0.05) is 7.05 Å². The van der Waals surface area contributed by atoms with Gasteiger partial charge in [-0.2, -0.15) is 13.2 Å². The molecule has 0 saturated heterocycles. The number of halogens is 3. The van der Waals surface area contributed by atoms with Crippen LogP contribution in [0.4, 0.5) is 18.9 Å². The number of hydrogen-bond acceptors (Lipinski definition) is 2. The molecular formula is C19H16F3N3O2. The van der Waals surface area contributed by atoms with Gasteiger partial charge in [0.05, 0.1) is 22.5 Å². The van der Waals surface area contributed by atoms with E-state index in [0.29, 0.717) is 11.4 Å². The molecule has 0 spiro atoms. The molecule has 1 aromatic heterocycles. The number of rotatable bonds is 3. The van der Waals surface area contributed by atoms with Crippen LogP contribution in [0.2, 0.25) is 0 Å². The first-order valence-electron chi connectivity index (χ1n) is 8.03. The van der Waals surface area contributed by atoms with Crippen molar-refractivity contribution in [2.75, 3.05) is 5.32 Å². The fraction of sp³-hybridized carbons (Fsp3) is 0.158. The third kappa shape index (κ3) is 3.38. The number of amides is 1. The Labute approximate surface area is 152 Å². The standard InChI is InChI=1S/C19H16F3N3O2/c1-12-16(18(27)25(24(12)2)13-8-4-3-5-9-13)23-17(26)14-10-6-7-11-15(14)19(20,21)22/h3-11H,1-2H3,(H,23,26). The molecule has 1 heterocycles. The molecule has 1 amide bonds. The van der Waals surface area contributed by atoms with Crippen LogP contribution < -0.4 is 10.9 Å². The number of benzene rings is 2. The molecule has 0 aliphatic heterocycles. The minimum Gasteiger partial charge on any atom is -0.316 e. The number of carbonyl (C=O) groups excluding carboxylic acids is 1. The predicted octanol–water partition coefficient (Wildman–Crippen LogP) is 3.76. The second-order valence-corrected chi connectivity index (χ2v) is 5.93. The van der Waals surface area contributed by atoms with Crippen LogP contribution in [-0.2, 0) is 13.2 Å². The maximum Gasteiger partial charge on any atom is 0.417 e. The van der Waals surface area contributed by atoms with E-state index in [1.165, 1.54) is 21.5 Å². The van der Waals surface area contributed by atoms with E-state index in [-0.39, 0.29) is 5.69 Å². The molecule has 0 atom stereocenters. The van der Waals surface area contributed by atoms with Gasteiger partial charge in [-0.3, -0.25) is 14.3 Å². The largest absolute Gasteiger partial charge is 0.417 e. The SMILES string of the molecule is Cc1c(NC(=O)c2ccccc2C(F)(F)F)c(=O)n(-c2ccccc2)n1C. The molecule has 27 heavy (non-hydrogen) atoms. The maximum atomic E-state index is 13.1. The summed E-state index contributed by atoms with van der Waals surface area (Å²) in [6.07, 6.45) is -4.68. The molecule has 3 rings (SSSR count). The van der Waals surface area contributed by atoms with E-state index in [4.69, 9.17) is 0 Å². The van der Waals surface area contributed by atoms with Gasteiger partial charge in [0.2, 0.25) is 0 Å². The lowest BCUT2D eigenvalue weighted by molar-refractivity contribution is -0.137. The highest BCUT2D eigenvalue weighted by Crippen LogP contribution is 2.32. The number of nitrogens with one attached hydrogen (secondary N) is 1. The van der Waals surface area contributed by atoms with Crippen molar-refractivity contribution < 1.29 is 18.0 Å². The molecule has 0 fully saturated rings. The Balaban J connectivity index is 2.04. The summed E-state index contributed by atoms with van der Waals surface area (Å²) in [4.78, 5) is 25.2. The smallest absolute Gasteiger partial charge is 0.316 e. The van der Waals surface area contributed by atoms with E-state index in [1.54, 1.807) is 44.3 Å². The number of para-hydroxylation sites is 1. The van der Waals surface area contributed by atoms with Gasteiger partial charge >= 0.3 is 6.18 Å². The van der Waals surface area contributed by atoms with E-state index in [0.717, 1.165) is 12.1 Å². The molecule has 1 N–H and O–H groups in total. The summed E-state index contributed by atoms with van der Waals surface area (Å²) < 4.78 is 42.3. The van der Waals surface area contributed by atoms with Gasteiger partial charge in [-0.25, -0.2) is 4.68 Å². The average Bonchev–Trinajstić information content (AvgIpc) is 2.85. The highest BCUT2D eigenvalue weighted by atomic mass is 19.4. The summed E-state index contributed by atoms with van der Waals surface area (Å²) in [7, 11) is 1.63. The summed E-state index contributed by atoms with van der Waals surface area (Å²) >= 11 is 0. The molecule has 3 aromatic rings. The molecule has 0 aliphatic carbocycles. The summed E-state index contributed by atoms with van der Waals surface area (Å²) in [5.41, 5.74) is -1.20. The number of alkyl halides is 3. The van der Waals surface area contributed by atoms with Gasteiger partial charge in [-0.1, -0.05) is 30.3 Å². The lowest BCUT2D eigenvalue weighted by atomic mass is 10.1. The van der Waals surface area contributed by atoms with Crippen molar-refractivity contribution >= 4 is 11.6 Å². The van der Waals surface area contributed by atoms with Gasteiger partial charge < -0.3 is 5.32 Å². The molecule has 8 heteroatoms. The molecular weight excluding hydrogens is 359 g/mol. The number of carbonyl (C=O) groups is 1. The zero-order chi connectivity index (χ0) is 19.8. The van der Waals surface area contributed by atoms with Crippen LogP contribution in [0.1, 0.15) is 21.6 Å². The monoisotopic (exact) mass is 375 g/mol. The predicted molar refractivity (Wildman–Crippen MR) is 95.1 cm³/mol. The maximum absolute atomic E-state index is 13.1. The minimum absolute atomic E-state index is 0.0664. The van der Waals surface area contributed by atoms with Crippen molar-refractivity contribution in [3.8, 4) is 5.69 Å². The number of anilines is 1. The lowest BCUT2D eigenvalue weighted by Gasteiger charge is -2.12.